The van der Waals surface area contributed by atoms with Crippen LogP contribution in [0, 0.1) is 0 Å². The number of aromatic nitrogens is 3. The lowest BCUT2D eigenvalue weighted by atomic mass is 9.85. The van der Waals surface area contributed by atoms with E-state index >= 15 is 0 Å². The summed E-state index contributed by atoms with van der Waals surface area (Å²) in [6.45, 7) is 14.0. The van der Waals surface area contributed by atoms with Gasteiger partial charge in [0.2, 0.25) is 0 Å². The van der Waals surface area contributed by atoms with Crippen LogP contribution < -0.4 is 4.90 Å². The van der Waals surface area contributed by atoms with Crippen molar-refractivity contribution in [3.8, 4) is 0 Å². The normalized spacial score (nSPS) is 13.1. The van der Waals surface area contributed by atoms with Crippen molar-refractivity contribution >= 4 is 115 Å². The molecule has 0 N–H and O–H groups in total. The molecule has 4 heteroatoms. The number of nitrogens with zero attached hydrogens (tertiary/aromatic N) is 4. The van der Waals surface area contributed by atoms with Crippen LogP contribution in [0.2, 0.25) is 0 Å². The van der Waals surface area contributed by atoms with Crippen LogP contribution in [0.5, 0.6) is 0 Å². The molecule has 0 amide bonds. The predicted molar refractivity (Wildman–Crippen MR) is 261 cm³/mol. The van der Waals surface area contributed by atoms with Crippen LogP contribution in [0.1, 0.15) is 52.7 Å². The maximum atomic E-state index is 5.61. The molecule has 0 aliphatic rings. The Hall–Kier alpha value is -7.17. The Bertz CT molecular complexity index is 3890. The third kappa shape index (κ3) is 4.57. The van der Waals surface area contributed by atoms with Crippen LogP contribution in [0.3, 0.4) is 0 Å². The summed E-state index contributed by atoms with van der Waals surface area (Å²) in [5, 5.41) is 15.2. The van der Waals surface area contributed by atoms with Crippen molar-refractivity contribution in [1.29, 1.82) is 0 Å². The molecule has 5 aromatic heterocycles. The van der Waals surface area contributed by atoms with Gasteiger partial charge in [0.05, 0.1) is 39.5 Å². The molecule has 0 saturated heterocycles. The zero-order valence-electron chi connectivity index (χ0n) is 35.3. The van der Waals surface area contributed by atoms with Gasteiger partial charge in [-0.15, -0.1) is 0 Å². The molecule has 0 spiro atoms. The molecule has 13 aromatic rings. The van der Waals surface area contributed by atoms with Crippen molar-refractivity contribution in [1.82, 2.24) is 13.8 Å². The lowest BCUT2D eigenvalue weighted by Gasteiger charge is -2.29. The van der Waals surface area contributed by atoms with Gasteiger partial charge < -0.3 is 9.30 Å². The van der Waals surface area contributed by atoms with Gasteiger partial charge in [-0.2, -0.15) is 0 Å². The van der Waals surface area contributed by atoms with Gasteiger partial charge in [-0.1, -0.05) is 133 Å². The zero-order valence-corrected chi connectivity index (χ0v) is 35.3. The number of benzene rings is 8. The van der Waals surface area contributed by atoms with Crippen LogP contribution >= 0.6 is 0 Å². The van der Waals surface area contributed by atoms with Crippen molar-refractivity contribution in [3.63, 3.8) is 0 Å². The van der Waals surface area contributed by atoms with Crippen LogP contribution in [0.25, 0.3) is 97.9 Å². The first-order valence-corrected chi connectivity index (χ1v) is 21.6. The molecule has 0 aliphatic carbocycles. The topological polar surface area (TPSA) is 24.9 Å². The quantitative estimate of drug-likeness (QED) is 0.178. The zero-order chi connectivity index (χ0) is 41.1. The minimum absolute atomic E-state index is 0.0572. The SMILES string of the molecule is CC(C)(C)c1cc(N(c2ccccc2)c2ccccc2)c2c(c1)c1c3ccccc3cc3c4c5c6cc(C(C)(C)C)cc7c8c9ccccc9ccc8n(c5cnc4n2c31)c76. The monoisotopic (exact) mass is 784 g/mol. The van der Waals surface area contributed by atoms with Gasteiger partial charge in [0.15, 0.2) is 0 Å². The van der Waals surface area contributed by atoms with E-state index in [9.17, 15) is 0 Å². The lowest BCUT2D eigenvalue weighted by Crippen LogP contribution is -2.15. The maximum Gasteiger partial charge on any atom is 0.146 e. The second kappa shape index (κ2) is 11.8. The van der Waals surface area contributed by atoms with Crippen molar-refractivity contribution in [2.24, 2.45) is 0 Å². The van der Waals surface area contributed by atoms with Crippen molar-refractivity contribution < 1.29 is 0 Å². The smallest absolute Gasteiger partial charge is 0.146 e. The minimum atomic E-state index is -0.101. The average molecular weight is 785 g/mol. The van der Waals surface area contributed by atoms with E-state index in [4.69, 9.17) is 4.98 Å². The van der Waals surface area contributed by atoms with E-state index in [-0.39, 0.29) is 10.8 Å². The minimum Gasteiger partial charge on any atom is -0.308 e. The van der Waals surface area contributed by atoms with E-state index < -0.39 is 0 Å². The summed E-state index contributed by atoms with van der Waals surface area (Å²) in [4.78, 5) is 8.06. The lowest BCUT2D eigenvalue weighted by molar-refractivity contribution is 0.591. The predicted octanol–water partition coefficient (Wildman–Crippen LogP) is 15.8. The van der Waals surface area contributed by atoms with Crippen molar-refractivity contribution in [2.45, 2.75) is 52.4 Å². The van der Waals surface area contributed by atoms with Gasteiger partial charge in [-0.25, -0.2) is 4.98 Å². The Kier molecular flexibility index (Phi) is 6.69. The van der Waals surface area contributed by atoms with Crippen LogP contribution in [-0.2, 0) is 10.8 Å². The van der Waals surface area contributed by atoms with Gasteiger partial charge in [0.1, 0.15) is 5.65 Å². The van der Waals surface area contributed by atoms with Gasteiger partial charge in [-0.3, -0.25) is 4.40 Å². The molecule has 0 aliphatic heterocycles. The molecule has 5 heterocycles. The van der Waals surface area contributed by atoms with Crippen molar-refractivity contribution in [2.75, 3.05) is 4.90 Å². The van der Waals surface area contributed by atoms with E-state index in [1.807, 2.05) is 0 Å². The standard InChI is InChI=1S/C57H44N4/c1-56(2,3)35-28-42-48-39-23-15-13-17-33(39)25-26-45(48)60-47-32-58-55-51(50(47)44(29-35)52(42)60)41-27-34-18-14-16-24-40(34)49-43-30-36(57(4,5)6)31-46(53(43)61(55)54(41)49)59(37-19-9-7-10-20-37)38-21-11-8-12-22-38/h7-32H,1-6H3. The number of fused-ring (bicyclic) bond motifs is 17. The van der Waals surface area contributed by atoms with Gasteiger partial charge >= 0.3 is 0 Å². The Balaban J connectivity index is 1.29. The Morgan fingerprint density at radius 3 is 1.61 bits per heavy atom. The molecule has 0 unspecified atom stereocenters. The molecule has 0 saturated carbocycles. The highest BCUT2D eigenvalue weighted by Gasteiger charge is 2.31. The number of hydrogen-bond donors (Lipinski definition) is 0. The average Bonchev–Trinajstić information content (AvgIpc) is 3.99. The van der Waals surface area contributed by atoms with Gasteiger partial charge in [0.25, 0.3) is 0 Å². The molecule has 13 rings (SSSR count). The van der Waals surface area contributed by atoms with E-state index in [2.05, 4.69) is 213 Å². The first-order chi connectivity index (χ1) is 29.6. The molecule has 4 nitrogen and oxygen atoms in total. The summed E-state index contributed by atoms with van der Waals surface area (Å²) >= 11 is 0. The Morgan fingerprint density at radius 1 is 0.410 bits per heavy atom. The molecule has 292 valence electrons. The summed E-state index contributed by atoms with van der Waals surface area (Å²) in [7, 11) is 0. The molecule has 0 fully saturated rings. The van der Waals surface area contributed by atoms with Gasteiger partial charge in [-0.05, 0) is 104 Å². The fourth-order valence-electron chi connectivity index (χ4n) is 10.7. The fourth-order valence-corrected chi connectivity index (χ4v) is 10.7. The number of pyridine rings is 1. The number of anilines is 3. The van der Waals surface area contributed by atoms with Gasteiger partial charge in [0, 0.05) is 54.5 Å². The summed E-state index contributed by atoms with van der Waals surface area (Å²) in [5.41, 5.74) is 12.9. The van der Waals surface area contributed by atoms with Crippen LogP contribution in [0.15, 0.2) is 158 Å². The first-order valence-electron chi connectivity index (χ1n) is 21.6. The van der Waals surface area contributed by atoms with E-state index in [0.29, 0.717) is 0 Å². The summed E-state index contributed by atoms with van der Waals surface area (Å²) < 4.78 is 5.03. The van der Waals surface area contributed by atoms with Crippen LogP contribution in [0.4, 0.5) is 17.1 Å². The highest BCUT2D eigenvalue weighted by atomic mass is 15.2. The van der Waals surface area contributed by atoms with E-state index in [1.54, 1.807) is 0 Å². The molecular formula is C57H44N4. The highest BCUT2D eigenvalue weighted by molar-refractivity contribution is 6.39. The molecule has 61 heavy (non-hydrogen) atoms. The molecule has 8 aromatic carbocycles. The number of rotatable bonds is 3. The van der Waals surface area contributed by atoms with E-state index in [1.165, 1.54) is 97.8 Å². The number of para-hydroxylation sites is 2. The number of hydrogen-bond acceptors (Lipinski definition) is 2. The summed E-state index contributed by atoms with van der Waals surface area (Å²) in [6, 6.07) is 56.4. The molecule has 0 atom stereocenters. The summed E-state index contributed by atoms with van der Waals surface area (Å²) in [5.74, 6) is 0. The summed E-state index contributed by atoms with van der Waals surface area (Å²) in [6.07, 6.45) is 2.16. The Morgan fingerprint density at radius 2 is 0.951 bits per heavy atom. The third-order valence-electron chi connectivity index (χ3n) is 13.6. The second-order valence-corrected chi connectivity index (χ2v) is 19.3. The largest absolute Gasteiger partial charge is 0.308 e. The maximum absolute atomic E-state index is 5.61. The molecular weight excluding hydrogens is 741 g/mol. The third-order valence-corrected chi connectivity index (χ3v) is 13.6. The Labute approximate surface area is 353 Å². The van der Waals surface area contributed by atoms with E-state index in [0.717, 1.165) is 28.2 Å². The molecule has 0 radical (unpaired) electrons. The highest BCUT2D eigenvalue weighted by Crippen LogP contribution is 2.52. The fraction of sp³-hybridized carbons (Fsp3) is 0.140. The first kappa shape index (κ1) is 34.7. The van der Waals surface area contributed by atoms with Crippen molar-refractivity contribution in [3.05, 3.63) is 169 Å². The molecule has 0 bridgehead atoms. The van der Waals surface area contributed by atoms with Crippen LogP contribution in [-0.4, -0.2) is 13.8 Å². The second-order valence-electron chi connectivity index (χ2n) is 19.3.